The zero-order valence-corrected chi connectivity index (χ0v) is 12.2. The van der Waals surface area contributed by atoms with Gasteiger partial charge in [-0.25, -0.2) is 14.4 Å². The Labute approximate surface area is 119 Å². The van der Waals surface area contributed by atoms with E-state index in [1.165, 1.54) is 6.07 Å². The lowest BCUT2D eigenvalue weighted by molar-refractivity contribution is 0.625. The lowest BCUT2D eigenvalue weighted by Crippen LogP contribution is -2.09. The number of hydrogen-bond acceptors (Lipinski definition) is 3. The molecule has 1 heterocycles. The second-order valence-corrected chi connectivity index (χ2v) is 4.89. The molecular weight excluding hydrogens is 253 g/mol. The SMILES string of the molecule is CCc1cc(NCCc2ccc(F)cc2C)nc(C)n1. The maximum absolute atomic E-state index is 13.0. The number of halogens is 1. The summed E-state index contributed by atoms with van der Waals surface area (Å²) in [6, 6.07) is 6.89. The van der Waals surface area contributed by atoms with Crippen LogP contribution in [0.1, 0.15) is 29.6 Å². The standard InChI is InChI=1S/C16H20FN3/c1-4-15-10-16(20-12(3)19-15)18-8-7-13-5-6-14(17)9-11(13)2/h5-6,9-10H,4,7-8H2,1-3H3,(H,18,19,20). The molecular formula is C16H20FN3. The molecule has 4 heteroatoms. The largest absolute Gasteiger partial charge is 0.370 e. The first-order chi connectivity index (χ1) is 9.58. The van der Waals surface area contributed by atoms with Crippen LogP contribution in [0.25, 0.3) is 0 Å². The summed E-state index contributed by atoms with van der Waals surface area (Å²) in [5.41, 5.74) is 3.18. The van der Waals surface area contributed by atoms with E-state index in [2.05, 4.69) is 22.2 Å². The molecule has 106 valence electrons. The summed E-state index contributed by atoms with van der Waals surface area (Å²) in [4.78, 5) is 8.72. The smallest absolute Gasteiger partial charge is 0.129 e. The molecule has 2 rings (SSSR count). The van der Waals surface area contributed by atoms with Gasteiger partial charge in [-0.1, -0.05) is 13.0 Å². The Bertz CT molecular complexity index is 596. The molecule has 0 fully saturated rings. The minimum absolute atomic E-state index is 0.182. The van der Waals surface area contributed by atoms with Crippen LogP contribution < -0.4 is 5.32 Å². The highest BCUT2D eigenvalue weighted by Gasteiger charge is 2.02. The maximum atomic E-state index is 13.0. The van der Waals surface area contributed by atoms with Crippen LogP contribution in [-0.4, -0.2) is 16.5 Å². The summed E-state index contributed by atoms with van der Waals surface area (Å²) < 4.78 is 13.0. The summed E-state index contributed by atoms with van der Waals surface area (Å²) in [6.07, 6.45) is 1.74. The molecule has 0 unspecified atom stereocenters. The first-order valence-corrected chi connectivity index (χ1v) is 6.92. The fraction of sp³-hybridized carbons (Fsp3) is 0.375. The normalized spacial score (nSPS) is 10.6. The number of benzene rings is 1. The van der Waals surface area contributed by atoms with E-state index < -0.39 is 0 Å². The number of anilines is 1. The fourth-order valence-electron chi connectivity index (χ4n) is 2.17. The van der Waals surface area contributed by atoms with Gasteiger partial charge >= 0.3 is 0 Å². The summed E-state index contributed by atoms with van der Waals surface area (Å²) in [7, 11) is 0. The molecule has 1 aromatic carbocycles. The second kappa shape index (κ2) is 6.46. The number of aryl methyl sites for hydroxylation is 3. The molecule has 0 saturated heterocycles. The van der Waals surface area contributed by atoms with E-state index in [1.54, 1.807) is 6.07 Å². The van der Waals surface area contributed by atoms with Gasteiger partial charge in [0.1, 0.15) is 17.5 Å². The van der Waals surface area contributed by atoms with E-state index in [4.69, 9.17) is 0 Å². The Balaban J connectivity index is 1.97. The van der Waals surface area contributed by atoms with Crippen molar-refractivity contribution in [1.82, 2.24) is 9.97 Å². The van der Waals surface area contributed by atoms with Crippen molar-refractivity contribution in [2.45, 2.75) is 33.6 Å². The fourth-order valence-corrected chi connectivity index (χ4v) is 2.17. The molecule has 0 aliphatic carbocycles. The van der Waals surface area contributed by atoms with Gasteiger partial charge in [0.05, 0.1) is 0 Å². The van der Waals surface area contributed by atoms with Gasteiger partial charge in [-0.15, -0.1) is 0 Å². The molecule has 0 aliphatic heterocycles. The monoisotopic (exact) mass is 273 g/mol. The van der Waals surface area contributed by atoms with Gasteiger partial charge in [-0.3, -0.25) is 0 Å². The third-order valence-electron chi connectivity index (χ3n) is 3.26. The van der Waals surface area contributed by atoms with Crippen molar-refractivity contribution < 1.29 is 4.39 Å². The molecule has 0 bridgehead atoms. The van der Waals surface area contributed by atoms with Crippen LogP contribution >= 0.6 is 0 Å². The van der Waals surface area contributed by atoms with Gasteiger partial charge in [0, 0.05) is 18.3 Å². The molecule has 0 saturated carbocycles. The first-order valence-electron chi connectivity index (χ1n) is 6.92. The molecule has 0 spiro atoms. The van der Waals surface area contributed by atoms with Crippen LogP contribution in [0.5, 0.6) is 0 Å². The van der Waals surface area contributed by atoms with Gasteiger partial charge in [0.2, 0.25) is 0 Å². The van der Waals surface area contributed by atoms with Crippen molar-refractivity contribution in [3.05, 3.63) is 52.7 Å². The molecule has 3 nitrogen and oxygen atoms in total. The lowest BCUT2D eigenvalue weighted by Gasteiger charge is -2.09. The Morgan fingerprint density at radius 2 is 1.95 bits per heavy atom. The topological polar surface area (TPSA) is 37.8 Å². The van der Waals surface area contributed by atoms with Gasteiger partial charge in [0.15, 0.2) is 0 Å². The molecule has 0 amide bonds. The van der Waals surface area contributed by atoms with Crippen molar-refractivity contribution in [3.8, 4) is 0 Å². The van der Waals surface area contributed by atoms with Crippen LogP contribution in [0.15, 0.2) is 24.3 Å². The summed E-state index contributed by atoms with van der Waals surface area (Å²) in [5.74, 6) is 1.46. The zero-order valence-electron chi connectivity index (χ0n) is 12.2. The first kappa shape index (κ1) is 14.4. The Morgan fingerprint density at radius 3 is 2.65 bits per heavy atom. The van der Waals surface area contributed by atoms with E-state index in [0.717, 1.165) is 47.8 Å². The van der Waals surface area contributed by atoms with Crippen LogP contribution in [0.3, 0.4) is 0 Å². The van der Waals surface area contributed by atoms with E-state index in [-0.39, 0.29) is 5.82 Å². The highest BCUT2D eigenvalue weighted by molar-refractivity contribution is 5.37. The molecule has 0 atom stereocenters. The predicted octanol–water partition coefficient (Wildman–Crippen LogP) is 3.45. The molecule has 1 N–H and O–H groups in total. The van der Waals surface area contributed by atoms with Gasteiger partial charge in [-0.2, -0.15) is 0 Å². The van der Waals surface area contributed by atoms with Crippen LogP contribution in [0.4, 0.5) is 10.2 Å². The predicted molar refractivity (Wildman–Crippen MR) is 79.5 cm³/mol. The molecule has 1 aromatic heterocycles. The van der Waals surface area contributed by atoms with Crippen LogP contribution in [0, 0.1) is 19.7 Å². The minimum Gasteiger partial charge on any atom is -0.370 e. The average Bonchev–Trinajstić information content (AvgIpc) is 2.40. The van der Waals surface area contributed by atoms with Crippen LogP contribution in [-0.2, 0) is 12.8 Å². The lowest BCUT2D eigenvalue weighted by atomic mass is 10.1. The molecule has 0 aliphatic rings. The third-order valence-corrected chi connectivity index (χ3v) is 3.26. The Hall–Kier alpha value is -1.97. The second-order valence-electron chi connectivity index (χ2n) is 4.89. The number of nitrogens with one attached hydrogen (secondary N) is 1. The molecule has 20 heavy (non-hydrogen) atoms. The highest BCUT2D eigenvalue weighted by atomic mass is 19.1. The molecule has 0 radical (unpaired) electrons. The van der Waals surface area contributed by atoms with E-state index in [1.807, 2.05) is 26.0 Å². The third kappa shape index (κ3) is 3.76. The highest BCUT2D eigenvalue weighted by Crippen LogP contribution is 2.12. The van der Waals surface area contributed by atoms with Crippen molar-refractivity contribution in [2.24, 2.45) is 0 Å². The van der Waals surface area contributed by atoms with Gasteiger partial charge in [-0.05, 0) is 49.9 Å². The van der Waals surface area contributed by atoms with Crippen molar-refractivity contribution in [1.29, 1.82) is 0 Å². The number of rotatable bonds is 5. The van der Waals surface area contributed by atoms with Gasteiger partial charge in [0.25, 0.3) is 0 Å². The van der Waals surface area contributed by atoms with Gasteiger partial charge < -0.3 is 5.32 Å². The average molecular weight is 273 g/mol. The summed E-state index contributed by atoms with van der Waals surface area (Å²) in [5, 5.41) is 3.31. The zero-order chi connectivity index (χ0) is 14.5. The van der Waals surface area contributed by atoms with E-state index in [0.29, 0.717) is 0 Å². The van der Waals surface area contributed by atoms with E-state index >= 15 is 0 Å². The van der Waals surface area contributed by atoms with Crippen molar-refractivity contribution in [3.63, 3.8) is 0 Å². The number of aromatic nitrogens is 2. The molecule has 2 aromatic rings. The number of hydrogen-bond donors (Lipinski definition) is 1. The van der Waals surface area contributed by atoms with Crippen LogP contribution in [0.2, 0.25) is 0 Å². The van der Waals surface area contributed by atoms with E-state index in [9.17, 15) is 4.39 Å². The summed E-state index contributed by atoms with van der Waals surface area (Å²) >= 11 is 0. The Morgan fingerprint density at radius 1 is 1.15 bits per heavy atom. The van der Waals surface area contributed by atoms with Crippen molar-refractivity contribution in [2.75, 3.05) is 11.9 Å². The Kier molecular flexibility index (Phi) is 4.66. The maximum Gasteiger partial charge on any atom is 0.129 e. The summed E-state index contributed by atoms with van der Waals surface area (Å²) in [6.45, 7) is 6.68. The number of nitrogens with zero attached hydrogens (tertiary/aromatic N) is 2. The van der Waals surface area contributed by atoms with Crippen molar-refractivity contribution >= 4 is 5.82 Å². The quantitative estimate of drug-likeness (QED) is 0.906. The minimum atomic E-state index is -0.182.